The molecule has 7 heteroatoms. The lowest BCUT2D eigenvalue weighted by Gasteiger charge is -2.24. The second-order valence-electron chi connectivity index (χ2n) is 4.79. The van der Waals surface area contributed by atoms with Gasteiger partial charge in [0.1, 0.15) is 0 Å². The van der Waals surface area contributed by atoms with Crippen LogP contribution in [0.25, 0.3) is 0 Å². The van der Waals surface area contributed by atoms with Crippen LogP contribution >= 0.6 is 0 Å². The van der Waals surface area contributed by atoms with Crippen molar-refractivity contribution in [1.29, 1.82) is 0 Å². The average molecular weight is 267 g/mol. The van der Waals surface area contributed by atoms with Crippen molar-refractivity contribution >= 4 is 16.0 Å². The van der Waals surface area contributed by atoms with Crippen LogP contribution in [0.2, 0.25) is 0 Å². The van der Waals surface area contributed by atoms with E-state index in [1.807, 2.05) is 13.8 Å². The first-order valence-corrected chi connectivity index (χ1v) is 7.04. The molecule has 0 spiro atoms. The molecule has 0 fully saturated rings. The van der Waals surface area contributed by atoms with Gasteiger partial charge in [-0.3, -0.25) is 4.79 Å². The van der Waals surface area contributed by atoms with E-state index in [2.05, 4.69) is 4.72 Å². The second kappa shape index (κ2) is 6.32. The van der Waals surface area contributed by atoms with Crippen molar-refractivity contribution in [3.05, 3.63) is 0 Å². The van der Waals surface area contributed by atoms with Crippen molar-refractivity contribution < 1.29 is 23.1 Å². The third-order valence-corrected chi connectivity index (χ3v) is 3.40. The summed E-state index contributed by atoms with van der Waals surface area (Å²) in [7, 11) is -3.52. The highest BCUT2D eigenvalue weighted by Crippen LogP contribution is 2.10. The largest absolute Gasteiger partial charge is 0.481 e. The van der Waals surface area contributed by atoms with Crippen LogP contribution in [0, 0.1) is 0 Å². The molecule has 0 aromatic heterocycles. The molecule has 0 bridgehead atoms. The predicted octanol–water partition coefficient (Wildman–Crippen LogP) is 0.584. The molecule has 6 nitrogen and oxygen atoms in total. The highest BCUT2D eigenvalue weighted by molar-refractivity contribution is 7.89. The molecule has 0 atom stereocenters. The van der Waals surface area contributed by atoms with E-state index in [0.717, 1.165) is 0 Å². The quantitative estimate of drug-likeness (QED) is 0.671. The van der Waals surface area contributed by atoms with Gasteiger partial charge < -0.3 is 9.84 Å². The van der Waals surface area contributed by atoms with Gasteiger partial charge in [-0.25, -0.2) is 13.1 Å². The lowest BCUT2D eigenvalue weighted by molar-refractivity contribution is -0.138. The Bertz CT molecular complexity index is 348. The number of hydrogen-bond donors (Lipinski definition) is 2. The zero-order chi connectivity index (χ0) is 13.7. The van der Waals surface area contributed by atoms with E-state index in [1.54, 1.807) is 0 Å². The Morgan fingerprint density at radius 1 is 1.41 bits per heavy atom. The Labute approximate surface area is 102 Å². The van der Waals surface area contributed by atoms with Gasteiger partial charge in [0, 0.05) is 5.54 Å². The van der Waals surface area contributed by atoms with Crippen LogP contribution < -0.4 is 4.72 Å². The Morgan fingerprint density at radius 3 is 2.35 bits per heavy atom. The molecule has 0 aliphatic carbocycles. The smallest absolute Gasteiger partial charge is 0.305 e. The highest BCUT2D eigenvalue weighted by Gasteiger charge is 2.27. The number of rotatable bonds is 8. The third kappa shape index (κ3) is 9.08. The first kappa shape index (κ1) is 16.3. The molecule has 0 saturated carbocycles. The minimum atomic E-state index is -3.52. The summed E-state index contributed by atoms with van der Waals surface area (Å²) in [6.07, 6.45) is -0.297. The van der Waals surface area contributed by atoms with E-state index in [4.69, 9.17) is 9.84 Å². The van der Waals surface area contributed by atoms with E-state index in [-0.39, 0.29) is 24.9 Å². The Hall–Kier alpha value is -0.660. The predicted molar refractivity (Wildman–Crippen MR) is 64.3 cm³/mol. The van der Waals surface area contributed by atoms with Gasteiger partial charge in [-0.2, -0.15) is 0 Å². The summed E-state index contributed by atoms with van der Waals surface area (Å²) in [5.74, 6) is -1.22. The average Bonchev–Trinajstić information content (AvgIpc) is 1.95. The molecule has 0 aliphatic heterocycles. The fourth-order valence-electron chi connectivity index (χ4n) is 1.28. The van der Waals surface area contributed by atoms with Crippen molar-refractivity contribution in [2.24, 2.45) is 0 Å². The number of ether oxygens (including phenoxy) is 1. The molecular formula is C10H21NO5S. The minimum Gasteiger partial charge on any atom is -0.481 e. The number of sulfonamides is 1. The molecule has 0 amide bonds. The standard InChI is InChI=1S/C10H21NO5S/c1-8(2)16-5-6-17(14,15)11-10(3,4)7-9(12)13/h8,11H,5-7H2,1-4H3,(H,12,13). The third-order valence-electron chi connectivity index (χ3n) is 1.83. The molecule has 0 saturated heterocycles. The van der Waals surface area contributed by atoms with Gasteiger partial charge >= 0.3 is 5.97 Å². The molecule has 0 radical (unpaired) electrons. The maximum Gasteiger partial charge on any atom is 0.305 e. The number of carbonyl (C=O) groups is 1. The molecule has 0 unspecified atom stereocenters. The minimum absolute atomic E-state index is 0.0303. The summed E-state index contributed by atoms with van der Waals surface area (Å²) < 4.78 is 30.7. The molecule has 0 aromatic carbocycles. The van der Waals surface area contributed by atoms with Crippen LogP contribution in [0.1, 0.15) is 34.1 Å². The Balaban J connectivity index is 4.29. The summed E-state index contributed by atoms with van der Waals surface area (Å²) in [5, 5.41) is 8.64. The van der Waals surface area contributed by atoms with Crippen LogP contribution in [0.4, 0.5) is 0 Å². The molecule has 0 rings (SSSR count). The SMILES string of the molecule is CC(C)OCCS(=O)(=O)NC(C)(C)CC(=O)O. The van der Waals surface area contributed by atoms with Gasteiger partial charge in [0.15, 0.2) is 0 Å². The van der Waals surface area contributed by atoms with Crippen molar-refractivity contribution in [1.82, 2.24) is 4.72 Å². The van der Waals surface area contributed by atoms with Gasteiger partial charge in [0.2, 0.25) is 10.0 Å². The second-order valence-corrected chi connectivity index (χ2v) is 6.64. The number of carboxylic acid groups (broad SMARTS) is 1. The molecule has 17 heavy (non-hydrogen) atoms. The van der Waals surface area contributed by atoms with Gasteiger partial charge in [0.25, 0.3) is 0 Å². The molecule has 102 valence electrons. The lowest BCUT2D eigenvalue weighted by atomic mass is 10.0. The van der Waals surface area contributed by atoms with Gasteiger partial charge in [0.05, 0.1) is 24.9 Å². The van der Waals surface area contributed by atoms with Crippen LogP contribution in [0.15, 0.2) is 0 Å². The maximum absolute atomic E-state index is 11.6. The van der Waals surface area contributed by atoms with Crippen LogP contribution in [-0.2, 0) is 19.6 Å². The molecular weight excluding hydrogens is 246 g/mol. The summed E-state index contributed by atoms with van der Waals surface area (Å²) in [6.45, 7) is 6.78. The molecule has 0 aromatic rings. The fraction of sp³-hybridized carbons (Fsp3) is 0.900. The van der Waals surface area contributed by atoms with E-state index in [0.29, 0.717) is 0 Å². The highest BCUT2D eigenvalue weighted by atomic mass is 32.2. The first-order chi connectivity index (χ1) is 7.54. The molecule has 2 N–H and O–H groups in total. The normalized spacial score (nSPS) is 13.0. The number of aliphatic carboxylic acids is 1. The molecule has 0 aliphatic rings. The van der Waals surface area contributed by atoms with E-state index in [9.17, 15) is 13.2 Å². The van der Waals surface area contributed by atoms with E-state index in [1.165, 1.54) is 13.8 Å². The monoisotopic (exact) mass is 267 g/mol. The van der Waals surface area contributed by atoms with Gasteiger partial charge in [-0.15, -0.1) is 0 Å². The van der Waals surface area contributed by atoms with Gasteiger partial charge in [-0.05, 0) is 27.7 Å². The molecule has 0 heterocycles. The Morgan fingerprint density at radius 2 is 1.94 bits per heavy atom. The van der Waals surface area contributed by atoms with Crippen LogP contribution in [-0.4, -0.2) is 43.5 Å². The van der Waals surface area contributed by atoms with Crippen molar-refractivity contribution in [3.63, 3.8) is 0 Å². The number of hydrogen-bond acceptors (Lipinski definition) is 4. The summed E-state index contributed by atoms with van der Waals surface area (Å²) in [5.41, 5.74) is -0.998. The maximum atomic E-state index is 11.6. The van der Waals surface area contributed by atoms with E-state index >= 15 is 0 Å². The first-order valence-electron chi connectivity index (χ1n) is 5.39. The van der Waals surface area contributed by atoms with Crippen LogP contribution in [0.5, 0.6) is 0 Å². The fourth-order valence-corrected chi connectivity index (χ4v) is 2.61. The Kier molecular flexibility index (Phi) is 6.08. The summed E-state index contributed by atoms with van der Waals surface area (Å²) >= 11 is 0. The zero-order valence-corrected chi connectivity index (χ0v) is 11.5. The lowest BCUT2D eigenvalue weighted by Crippen LogP contribution is -2.46. The van der Waals surface area contributed by atoms with Crippen molar-refractivity contribution in [2.45, 2.75) is 45.8 Å². The zero-order valence-electron chi connectivity index (χ0n) is 10.7. The van der Waals surface area contributed by atoms with E-state index < -0.39 is 21.5 Å². The van der Waals surface area contributed by atoms with Crippen LogP contribution in [0.3, 0.4) is 0 Å². The number of nitrogens with one attached hydrogen (secondary N) is 1. The van der Waals surface area contributed by atoms with Crippen molar-refractivity contribution in [3.8, 4) is 0 Å². The topological polar surface area (TPSA) is 92.7 Å². The summed E-state index contributed by atoms with van der Waals surface area (Å²) in [4.78, 5) is 10.5. The number of carboxylic acids is 1. The van der Waals surface area contributed by atoms with Gasteiger partial charge in [-0.1, -0.05) is 0 Å². The van der Waals surface area contributed by atoms with Crippen molar-refractivity contribution in [2.75, 3.05) is 12.4 Å². The summed E-state index contributed by atoms with van der Waals surface area (Å²) in [6, 6.07) is 0.